The Morgan fingerprint density at radius 2 is 2.10 bits per heavy atom. The summed E-state index contributed by atoms with van der Waals surface area (Å²) in [6.45, 7) is 8.64. The molecular formula is C14H23N5O. The number of nitrogens with zero attached hydrogens (tertiary/aromatic N) is 4. The molecule has 3 N–H and O–H groups in total. The topological polar surface area (TPSA) is 78.0 Å². The van der Waals surface area contributed by atoms with Crippen molar-refractivity contribution in [2.45, 2.75) is 25.9 Å². The fourth-order valence-electron chi connectivity index (χ4n) is 2.50. The lowest BCUT2D eigenvalue weighted by atomic mass is 10.00. The van der Waals surface area contributed by atoms with Crippen LogP contribution in [0.15, 0.2) is 29.7 Å². The number of amidine groups is 1. The average Bonchev–Trinajstić information content (AvgIpc) is 2.48. The molecule has 110 valence electrons. The van der Waals surface area contributed by atoms with E-state index in [0.29, 0.717) is 0 Å². The number of nitrogens with two attached hydrogens (primary N) is 1. The summed E-state index contributed by atoms with van der Waals surface area (Å²) >= 11 is 0. The molecule has 0 radical (unpaired) electrons. The fraction of sp³-hybridized carbons (Fsp3) is 0.571. The summed E-state index contributed by atoms with van der Waals surface area (Å²) < 4.78 is 0. The van der Waals surface area contributed by atoms with Crippen molar-refractivity contribution in [3.8, 4) is 0 Å². The maximum Gasteiger partial charge on any atom is 0.159 e. The summed E-state index contributed by atoms with van der Waals surface area (Å²) in [5, 5.41) is 12.0. The molecule has 20 heavy (non-hydrogen) atoms. The van der Waals surface area contributed by atoms with Gasteiger partial charge in [-0.15, -0.1) is 0 Å². The highest BCUT2D eigenvalue weighted by molar-refractivity contribution is 5.88. The number of hydrogen-bond acceptors (Lipinski definition) is 5. The molecule has 6 nitrogen and oxygen atoms in total. The van der Waals surface area contributed by atoms with Gasteiger partial charge in [0.15, 0.2) is 5.84 Å². The van der Waals surface area contributed by atoms with E-state index in [2.05, 4.69) is 26.0 Å². The first-order chi connectivity index (χ1) is 9.54. The predicted molar refractivity (Wildman–Crippen MR) is 78.6 cm³/mol. The molecule has 0 aromatic carbocycles. The van der Waals surface area contributed by atoms with E-state index in [1.165, 1.54) is 5.56 Å². The predicted octanol–water partition coefficient (Wildman–Crippen LogP) is 0.724. The Bertz CT molecular complexity index is 452. The lowest BCUT2D eigenvalue weighted by Crippen LogP contribution is -2.59. The molecular weight excluding hydrogens is 254 g/mol. The second kappa shape index (κ2) is 6.19. The zero-order valence-electron chi connectivity index (χ0n) is 12.2. The van der Waals surface area contributed by atoms with Crippen molar-refractivity contribution in [1.82, 2.24) is 14.8 Å². The Morgan fingerprint density at radius 1 is 1.40 bits per heavy atom. The maximum absolute atomic E-state index is 8.87. The average molecular weight is 277 g/mol. The van der Waals surface area contributed by atoms with E-state index in [1.807, 2.05) is 26.1 Å². The van der Waals surface area contributed by atoms with Crippen LogP contribution in [0.5, 0.6) is 0 Å². The molecule has 0 amide bonds. The lowest BCUT2D eigenvalue weighted by molar-refractivity contribution is 0.0793. The highest BCUT2D eigenvalue weighted by atomic mass is 16.4. The number of oxime groups is 1. The number of pyridine rings is 1. The van der Waals surface area contributed by atoms with Gasteiger partial charge in [0, 0.05) is 45.1 Å². The third-order valence-corrected chi connectivity index (χ3v) is 4.03. The molecule has 1 fully saturated rings. The van der Waals surface area contributed by atoms with Gasteiger partial charge >= 0.3 is 0 Å². The van der Waals surface area contributed by atoms with Crippen LogP contribution in [0.25, 0.3) is 0 Å². The van der Waals surface area contributed by atoms with Gasteiger partial charge in [0.1, 0.15) is 0 Å². The third kappa shape index (κ3) is 3.26. The van der Waals surface area contributed by atoms with Gasteiger partial charge in [0.05, 0.1) is 5.54 Å². The Kier molecular flexibility index (Phi) is 4.57. The molecule has 0 bridgehead atoms. The van der Waals surface area contributed by atoms with E-state index in [-0.39, 0.29) is 5.84 Å². The molecule has 0 spiro atoms. The number of aromatic nitrogens is 1. The summed E-state index contributed by atoms with van der Waals surface area (Å²) in [4.78, 5) is 8.79. The summed E-state index contributed by atoms with van der Waals surface area (Å²) in [5.41, 5.74) is 6.60. The van der Waals surface area contributed by atoms with Gasteiger partial charge in [-0.3, -0.25) is 14.8 Å². The van der Waals surface area contributed by atoms with Crippen molar-refractivity contribution in [1.29, 1.82) is 0 Å². The highest BCUT2D eigenvalue weighted by Gasteiger charge is 2.33. The first-order valence-electron chi connectivity index (χ1n) is 6.88. The zero-order valence-corrected chi connectivity index (χ0v) is 12.2. The van der Waals surface area contributed by atoms with Crippen LogP contribution in [0.4, 0.5) is 0 Å². The summed E-state index contributed by atoms with van der Waals surface area (Å²) in [5.74, 6) is 0.262. The van der Waals surface area contributed by atoms with E-state index in [0.717, 1.165) is 32.7 Å². The molecule has 0 saturated carbocycles. The Labute approximate surface area is 119 Å². The maximum atomic E-state index is 8.87. The van der Waals surface area contributed by atoms with Gasteiger partial charge in [-0.1, -0.05) is 11.2 Å². The lowest BCUT2D eigenvalue weighted by Gasteiger charge is -2.43. The standard InChI is InChI=1S/C14H23N5O/c1-14(2,13(15)17-20)19-8-6-18(7-9-19)11-12-4-3-5-16-10-12/h3-5,10,20H,6-9,11H2,1-2H3,(H2,15,17). The Balaban J connectivity index is 1.90. The van der Waals surface area contributed by atoms with E-state index in [9.17, 15) is 0 Å². The van der Waals surface area contributed by atoms with Gasteiger partial charge < -0.3 is 10.9 Å². The summed E-state index contributed by atoms with van der Waals surface area (Å²) in [7, 11) is 0. The molecule has 1 aliphatic heterocycles. The minimum absolute atomic E-state index is 0.262. The van der Waals surface area contributed by atoms with E-state index < -0.39 is 5.54 Å². The van der Waals surface area contributed by atoms with Crippen LogP contribution in [-0.4, -0.2) is 57.5 Å². The van der Waals surface area contributed by atoms with Crippen molar-refractivity contribution in [3.63, 3.8) is 0 Å². The van der Waals surface area contributed by atoms with Gasteiger partial charge in [-0.2, -0.15) is 0 Å². The van der Waals surface area contributed by atoms with E-state index in [4.69, 9.17) is 10.9 Å². The third-order valence-electron chi connectivity index (χ3n) is 4.03. The molecule has 0 atom stereocenters. The zero-order chi connectivity index (χ0) is 14.6. The molecule has 6 heteroatoms. The Hall–Kier alpha value is -1.66. The van der Waals surface area contributed by atoms with Crippen LogP contribution in [0, 0.1) is 0 Å². The number of piperazine rings is 1. The molecule has 0 aliphatic carbocycles. The van der Waals surface area contributed by atoms with Crippen molar-refractivity contribution < 1.29 is 5.21 Å². The summed E-state index contributed by atoms with van der Waals surface area (Å²) in [6, 6.07) is 4.06. The van der Waals surface area contributed by atoms with Gasteiger partial charge in [-0.05, 0) is 25.5 Å². The van der Waals surface area contributed by atoms with Crippen LogP contribution < -0.4 is 5.73 Å². The largest absolute Gasteiger partial charge is 0.409 e. The normalized spacial score (nSPS) is 19.2. The van der Waals surface area contributed by atoms with Crippen LogP contribution >= 0.6 is 0 Å². The molecule has 0 unspecified atom stereocenters. The van der Waals surface area contributed by atoms with Crippen LogP contribution in [0.2, 0.25) is 0 Å². The first-order valence-corrected chi connectivity index (χ1v) is 6.88. The molecule has 2 heterocycles. The second-order valence-corrected chi connectivity index (χ2v) is 5.67. The number of rotatable bonds is 4. The van der Waals surface area contributed by atoms with Crippen molar-refractivity contribution in [3.05, 3.63) is 30.1 Å². The molecule has 1 aliphatic rings. The smallest absolute Gasteiger partial charge is 0.159 e. The molecule has 2 rings (SSSR count). The monoisotopic (exact) mass is 277 g/mol. The van der Waals surface area contributed by atoms with Gasteiger partial charge in [-0.25, -0.2) is 0 Å². The Morgan fingerprint density at radius 3 is 2.65 bits per heavy atom. The summed E-state index contributed by atoms with van der Waals surface area (Å²) in [6.07, 6.45) is 3.70. The minimum Gasteiger partial charge on any atom is -0.409 e. The van der Waals surface area contributed by atoms with Crippen LogP contribution in [0.1, 0.15) is 19.4 Å². The van der Waals surface area contributed by atoms with Crippen molar-refractivity contribution >= 4 is 5.84 Å². The van der Waals surface area contributed by atoms with Crippen molar-refractivity contribution in [2.24, 2.45) is 10.9 Å². The molecule has 1 aromatic rings. The molecule has 1 saturated heterocycles. The van der Waals surface area contributed by atoms with E-state index in [1.54, 1.807) is 6.20 Å². The quantitative estimate of drug-likeness (QED) is 0.367. The minimum atomic E-state index is -0.408. The first kappa shape index (κ1) is 14.7. The van der Waals surface area contributed by atoms with Crippen LogP contribution in [-0.2, 0) is 6.54 Å². The van der Waals surface area contributed by atoms with E-state index >= 15 is 0 Å². The fourth-order valence-corrected chi connectivity index (χ4v) is 2.50. The van der Waals surface area contributed by atoms with Gasteiger partial charge in [0.2, 0.25) is 0 Å². The van der Waals surface area contributed by atoms with Crippen molar-refractivity contribution in [2.75, 3.05) is 26.2 Å². The van der Waals surface area contributed by atoms with Gasteiger partial charge in [0.25, 0.3) is 0 Å². The SMILES string of the molecule is CC(C)(C(N)=NO)N1CCN(Cc2cccnc2)CC1. The second-order valence-electron chi connectivity index (χ2n) is 5.67. The highest BCUT2D eigenvalue weighted by Crippen LogP contribution is 2.18. The number of hydrogen-bond donors (Lipinski definition) is 2. The van der Waals surface area contributed by atoms with Crippen LogP contribution in [0.3, 0.4) is 0 Å². The molecule has 1 aromatic heterocycles.